The predicted octanol–water partition coefficient (Wildman–Crippen LogP) is 15.0. The van der Waals surface area contributed by atoms with Crippen LogP contribution in [0.3, 0.4) is 0 Å². The van der Waals surface area contributed by atoms with Crippen molar-refractivity contribution in [1.82, 2.24) is 0 Å². The van der Waals surface area contributed by atoms with E-state index in [4.69, 9.17) is 4.42 Å². The molecule has 11 rings (SSSR count). The smallest absolute Gasteiger partial charge is 0.137 e. The molecule has 0 aliphatic heterocycles. The van der Waals surface area contributed by atoms with E-state index in [0.717, 1.165) is 39.0 Å². The minimum absolute atomic E-state index is 0.872. The first-order valence-corrected chi connectivity index (χ1v) is 18.5. The molecule has 0 bridgehead atoms. The summed E-state index contributed by atoms with van der Waals surface area (Å²) in [6.07, 6.45) is 0. The van der Waals surface area contributed by atoms with Crippen molar-refractivity contribution in [3.8, 4) is 22.3 Å². The van der Waals surface area contributed by atoms with Gasteiger partial charge in [0.2, 0.25) is 0 Å². The summed E-state index contributed by atoms with van der Waals surface area (Å²) >= 11 is 0. The van der Waals surface area contributed by atoms with Crippen LogP contribution in [0.4, 0.5) is 17.1 Å². The van der Waals surface area contributed by atoms with Crippen LogP contribution in [-0.2, 0) is 0 Å². The first-order valence-electron chi connectivity index (χ1n) is 18.5. The maximum atomic E-state index is 6.56. The molecule has 0 saturated heterocycles. The van der Waals surface area contributed by atoms with Gasteiger partial charge in [-0.05, 0) is 126 Å². The lowest BCUT2D eigenvalue weighted by molar-refractivity contribution is 0.669. The van der Waals surface area contributed by atoms with E-state index in [1.807, 2.05) is 0 Å². The molecule has 0 N–H and O–H groups in total. The molecule has 2 nitrogen and oxygen atoms in total. The van der Waals surface area contributed by atoms with Crippen molar-refractivity contribution < 1.29 is 4.42 Å². The SMILES string of the molecule is c1ccc(-c2ccc(N(c3ccc4cc(-c5cc6ccccc6c6ccccc56)ccc4c3)c3ccc4c(c3)oc3cc5ccccc5cc34)cc2)cc1. The number of benzene rings is 10. The van der Waals surface area contributed by atoms with Crippen LogP contribution in [0.2, 0.25) is 0 Å². The molecule has 0 spiro atoms. The van der Waals surface area contributed by atoms with Gasteiger partial charge in [0.15, 0.2) is 0 Å². The lowest BCUT2D eigenvalue weighted by Crippen LogP contribution is -2.09. The number of hydrogen-bond donors (Lipinski definition) is 0. The summed E-state index contributed by atoms with van der Waals surface area (Å²) in [5.74, 6) is 0. The van der Waals surface area contributed by atoms with E-state index >= 15 is 0 Å². The highest BCUT2D eigenvalue weighted by Crippen LogP contribution is 2.42. The molecular weight excluding hydrogens is 655 g/mol. The number of furan rings is 1. The summed E-state index contributed by atoms with van der Waals surface area (Å²) in [4.78, 5) is 2.34. The molecule has 0 aliphatic carbocycles. The van der Waals surface area contributed by atoms with Crippen LogP contribution in [0.15, 0.2) is 205 Å². The van der Waals surface area contributed by atoms with Crippen LogP contribution in [-0.4, -0.2) is 0 Å². The molecule has 11 aromatic rings. The van der Waals surface area contributed by atoms with E-state index < -0.39 is 0 Å². The van der Waals surface area contributed by atoms with E-state index in [1.165, 1.54) is 65.3 Å². The van der Waals surface area contributed by atoms with Crippen molar-refractivity contribution in [2.75, 3.05) is 4.90 Å². The minimum atomic E-state index is 0.872. The van der Waals surface area contributed by atoms with Crippen molar-refractivity contribution in [2.45, 2.75) is 0 Å². The van der Waals surface area contributed by atoms with Gasteiger partial charge < -0.3 is 9.32 Å². The van der Waals surface area contributed by atoms with Crippen molar-refractivity contribution in [2.24, 2.45) is 0 Å². The first-order chi connectivity index (χ1) is 26.7. The summed E-state index contributed by atoms with van der Waals surface area (Å²) in [6, 6.07) is 72.3. The van der Waals surface area contributed by atoms with Gasteiger partial charge in [-0.25, -0.2) is 0 Å². The van der Waals surface area contributed by atoms with Crippen molar-refractivity contribution in [3.05, 3.63) is 200 Å². The molecule has 10 aromatic carbocycles. The Labute approximate surface area is 312 Å². The summed E-state index contributed by atoms with van der Waals surface area (Å²) in [5, 5.41) is 12.1. The number of rotatable bonds is 5. The number of nitrogens with zero attached hydrogens (tertiary/aromatic N) is 1. The Morgan fingerprint density at radius 1 is 0.278 bits per heavy atom. The summed E-state index contributed by atoms with van der Waals surface area (Å²) in [5.41, 5.74) is 9.83. The third kappa shape index (κ3) is 5.03. The van der Waals surface area contributed by atoms with Crippen LogP contribution in [0, 0.1) is 0 Å². The van der Waals surface area contributed by atoms with Crippen LogP contribution in [0.25, 0.3) is 87.3 Å². The maximum absolute atomic E-state index is 6.56. The van der Waals surface area contributed by atoms with Crippen LogP contribution in [0.5, 0.6) is 0 Å². The van der Waals surface area contributed by atoms with Crippen LogP contribution in [0.1, 0.15) is 0 Å². The Bertz CT molecular complexity index is 3210. The maximum Gasteiger partial charge on any atom is 0.137 e. The molecule has 0 amide bonds. The average molecular weight is 688 g/mol. The zero-order valence-corrected chi connectivity index (χ0v) is 29.4. The van der Waals surface area contributed by atoms with Crippen molar-refractivity contribution in [3.63, 3.8) is 0 Å². The molecule has 0 fully saturated rings. The second-order valence-electron chi connectivity index (χ2n) is 14.2. The summed E-state index contributed by atoms with van der Waals surface area (Å²) in [6.45, 7) is 0. The largest absolute Gasteiger partial charge is 0.456 e. The van der Waals surface area contributed by atoms with Gasteiger partial charge in [-0.2, -0.15) is 0 Å². The summed E-state index contributed by atoms with van der Waals surface area (Å²) < 4.78 is 6.56. The number of anilines is 3. The van der Waals surface area contributed by atoms with E-state index in [2.05, 4.69) is 205 Å². The van der Waals surface area contributed by atoms with E-state index in [0.29, 0.717) is 0 Å². The van der Waals surface area contributed by atoms with Gasteiger partial charge in [-0.3, -0.25) is 0 Å². The molecule has 0 saturated carbocycles. The molecule has 0 aliphatic rings. The monoisotopic (exact) mass is 687 g/mol. The number of hydrogen-bond acceptors (Lipinski definition) is 2. The lowest BCUT2D eigenvalue weighted by atomic mass is 9.92. The third-order valence-electron chi connectivity index (χ3n) is 11.0. The highest BCUT2D eigenvalue weighted by atomic mass is 16.3. The van der Waals surface area contributed by atoms with Gasteiger partial charge in [-0.15, -0.1) is 0 Å². The Morgan fingerprint density at radius 2 is 0.833 bits per heavy atom. The van der Waals surface area contributed by atoms with E-state index in [9.17, 15) is 0 Å². The normalized spacial score (nSPS) is 11.7. The van der Waals surface area contributed by atoms with Crippen molar-refractivity contribution >= 4 is 82.1 Å². The zero-order valence-electron chi connectivity index (χ0n) is 29.4. The van der Waals surface area contributed by atoms with Gasteiger partial charge in [0.05, 0.1) is 0 Å². The molecule has 0 unspecified atom stereocenters. The van der Waals surface area contributed by atoms with Crippen LogP contribution >= 0.6 is 0 Å². The second kappa shape index (κ2) is 12.2. The zero-order chi connectivity index (χ0) is 35.6. The quantitative estimate of drug-likeness (QED) is 0.168. The molecule has 2 heteroatoms. The molecular formula is C52H33NO. The fourth-order valence-corrected chi connectivity index (χ4v) is 8.30. The Balaban J connectivity index is 1.05. The molecule has 0 atom stereocenters. The first kappa shape index (κ1) is 30.5. The van der Waals surface area contributed by atoms with E-state index in [1.54, 1.807) is 0 Å². The number of fused-ring (bicyclic) bond motifs is 8. The fraction of sp³-hybridized carbons (Fsp3) is 0. The molecule has 54 heavy (non-hydrogen) atoms. The Kier molecular flexibility index (Phi) is 6.90. The summed E-state index contributed by atoms with van der Waals surface area (Å²) in [7, 11) is 0. The second-order valence-corrected chi connectivity index (χ2v) is 14.2. The average Bonchev–Trinajstić information content (AvgIpc) is 3.59. The van der Waals surface area contributed by atoms with Gasteiger partial charge in [0.25, 0.3) is 0 Å². The Morgan fingerprint density at radius 3 is 1.67 bits per heavy atom. The highest BCUT2D eigenvalue weighted by molar-refractivity contribution is 6.14. The fourth-order valence-electron chi connectivity index (χ4n) is 8.30. The standard InChI is InChI=1S/C52H33NO/c1-2-10-34(11-3-1)35-20-23-42(24-21-35)53(44-26-27-48-50-30-36-12-4-5-13-37(36)32-51(50)54-52(48)33-44)43-25-22-38-28-41(19-18-39(38)29-43)49-31-40-14-6-7-15-45(40)46-16-8-9-17-47(46)49/h1-33H. The highest BCUT2D eigenvalue weighted by Gasteiger charge is 2.17. The Hall–Kier alpha value is -7.16. The van der Waals surface area contributed by atoms with Gasteiger partial charge >= 0.3 is 0 Å². The van der Waals surface area contributed by atoms with Gasteiger partial charge in [0.1, 0.15) is 11.2 Å². The minimum Gasteiger partial charge on any atom is -0.456 e. The molecule has 1 heterocycles. The predicted molar refractivity (Wildman–Crippen MR) is 229 cm³/mol. The molecule has 1 aromatic heterocycles. The lowest BCUT2D eigenvalue weighted by Gasteiger charge is -2.26. The molecule has 0 radical (unpaired) electrons. The van der Waals surface area contributed by atoms with Crippen molar-refractivity contribution in [1.29, 1.82) is 0 Å². The van der Waals surface area contributed by atoms with Gasteiger partial charge in [-0.1, -0.05) is 133 Å². The topological polar surface area (TPSA) is 16.4 Å². The van der Waals surface area contributed by atoms with Gasteiger partial charge in [0, 0.05) is 33.9 Å². The molecule has 252 valence electrons. The van der Waals surface area contributed by atoms with Crippen LogP contribution < -0.4 is 4.90 Å². The third-order valence-corrected chi connectivity index (χ3v) is 11.0. The van der Waals surface area contributed by atoms with E-state index in [-0.39, 0.29) is 0 Å².